The molecule has 5 heteroatoms. The lowest BCUT2D eigenvalue weighted by molar-refractivity contribution is -0.121. The summed E-state index contributed by atoms with van der Waals surface area (Å²) in [6, 6.07) is 0. The van der Waals surface area contributed by atoms with Crippen LogP contribution in [-0.4, -0.2) is 24.8 Å². The lowest BCUT2D eigenvalue weighted by atomic mass is 10.2. The molecule has 0 rings (SSSR count). The Balaban J connectivity index is 3.22. The van der Waals surface area contributed by atoms with Gasteiger partial charge in [-0.05, 0) is 12.8 Å². The molecule has 0 radical (unpaired) electrons. The van der Waals surface area contributed by atoms with Crippen LogP contribution in [0.1, 0.15) is 19.3 Å². The Morgan fingerprint density at radius 2 is 2.08 bits per heavy atom. The Morgan fingerprint density at radius 3 is 2.58 bits per heavy atom. The summed E-state index contributed by atoms with van der Waals surface area (Å²) in [5, 5.41) is 2.11. The van der Waals surface area contributed by atoms with Gasteiger partial charge >= 0.3 is 0 Å². The van der Waals surface area contributed by atoms with E-state index < -0.39 is 13.0 Å². The molecule has 12 heavy (non-hydrogen) atoms. The third-order valence-corrected chi connectivity index (χ3v) is 1.51. The molecule has 0 heterocycles. The van der Waals surface area contributed by atoms with E-state index in [1.165, 1.54) is 0 Å². The molecule has 0 aliphatic heterocycles. The van der Waals surface area contributed by atoms with Crippen LogP contribution >= 0.6 is 11.6 Å². The van der Waals surface area contributed by atoms with Gasteiger partial charge in [-0.1, -0.05) is 0 Å². The second-order valence-electron chi connectivity index (χ2n) is 2.34. The van der Waals surface area contributed by atoms with E-state index in [1.807, 2.05) is 0 Å². The summed E-state index contributed by atoms with van der Waals surface area (Å²) in [4.78, 5) is 10.7. The summed E-state index contributed by atoms with van der Waals surface area (Å²) >= 11 is 5.36. The number of hydrogen-bond donors (Lipinski definition) is 1. The number of hydrogen-bond acceptors (Lipinski definition) is 1. The number of nitrogens with one attached hydrogen (secondary N) is 1. The molecule has 0 aromatic rings. The van der Waals surface area contributed by atoms with Crippen molar-refractivity contribution in [2.75, 3.05) is 12.4 Å². The first-order valence-corrected chi connectivity index (χ1v) is 4.31. The van der Waals surface area contributed by atoms with Crippen LogP contribution in [0.5, 0.6) is 0 Å². The Kier molecular flexibility index (Phi) is 7.05. The highest BCUT2D eigenvalue weighted by molar-refractivity contribution is 6.17. The Labute approximate surface area is 75.3 Å². The minimum absolute atomic E-state index is 0.277. The van der Waals surface area contributed by atoms with Gasteiger partial charge in [-0.15, -0.1) is 11.6 Å². The van der Waals surface area contributed by atoms with E-state index >= 15 is 0 Å². The zero-order valence-corrected chi connectivity index (χ0v) is 7.41. The molecule has 1 N–H and O–H groups in total. The minimum atomic E-state index is -2.47. The Hall–Kier alpha value is -0.380. The molecule has 0 unspecified atom stereocenters. The van der Waals surface area contributed by atoms with Crippen LogP contribution in [-0.2, 0) is 4.79 Å². The van der Waals surface area contributed by atoms with Crippen molar-refractivity contribution in [2.24, 2.45) is 0 Å². The molecular formula is C7H12ClF2NO. The van der Waals surface area contributed by atoms with Crippen LogP contribution in [0.3, 0.4) is 0 Å². The van der Waals surface area contributed by atoms with Gasteiger partial charge in [0.15, 0.2) is 0 Å². The summed E-state index contributed by atoms with van der Waals surface area (Å²) < 4.78 is 23.1. The van der Waals surface area contributed by atoms with Gasteiger partial charge in [0.1, 0.15) is 0 Å². The maximum atomic E-state index is 11.5. The number of alkyl halides is 3. The molecule has 72 valence electrons. The third-order valence-electron chi connectivity index (χ3n) is 1.24. The third kappa shape index (κ3) is 7.72. The van der Waals surface area contributed by atoms with E-state index in [9.17, 15) is 13.6 Å². The predicted octanol–water partition coefficient (Wildman–Crippen LogP) is 1.78. The highest BCUT2D eigenvalue weighted by Gasteiger charge is 2.05. The van der Waals surface area contributed by atoms with Gasteiger partial charge in [-0.25, -0.2) is 8.78 Å². The summed E-state index contributed by atoms with van der Waals surface area (Å²) in [5.74, 6) is 0.169. The normalized spacial score (nSPS) is 10.3. The minimum Gasteiger partial charge on any atom is -0.350 e. The molecule has 0 saturated carbocycles. The van der Waals surface area contributed by atoms with Crippen molar-refractivity contribution in [1.29, 1.82) is 0 Å². The van der Waals surface area contributed by atoms with Crippen LogP contribution in [0.15, 0.2) is 0 Å². The maximum Gasteiger partial charge on any atom is 0.255 e. The van der Waals surface area contributed by atoms with E-state index in [1.54, 1.807) is 0 Å². The van der Waals surface area contributed by atoms with Gasteiger partial charge in [0, 0.05) is 12.3 Å². The van der Waals surface area contributed by atoms with E-state index in [0.717, 1.165) is 6.42 Å². The second-order valence-corrected chi connectivity index (χ2v) is 2.72. The molecule has 0 fully saturated rings. The van der Waals surface area contributed by atoms with E-state index in [2.05, 4.69) is 5.32 Å². The first kappa shape index (κ1) is 11.6. The number of unbranched alkanes of at least 4 members (excludes halogenated alkanes) is 1. The van der Waals surface area contributed by atoms with Crippen molar-refractivity contribution < 1.29 is 13.6 Å². The van der Waals surface area contributed by atoms with Gasteiger partial charge in [-0.3, -0.25) is 4.79 Å². The van der Waals surface area contributed by atoms with Crippen LogP contribution in [0, 0.1) is 0 Å². The highest BCUT2D eigenvalue weighted by atomic mass is 35.5. The van der Waals surface area contributed by atoms with Crippen LogP contribution in [0.2, 0.25) is 0 Å². The standard InChI is InChI=1S/C7H12ClF2NO/c8-4-2-1-3-7(12)11-5-6(9)10/h6H,1-5H2,(H,11,12). The monoisotopic (exact) mass is 199 g/mol. The summed E-state index contributed by atoms with van der Waals surface area (Å²) in [5.41, 5.74) is 0. The van der Waals surface area contributed by atoms with Crippen LogP contribution < -0.4 is 5.32 Å². The molecular weight excluding hydrogens is 188 g/mol. The summed E-state index contributed by atoms with van der Waals surface area (Å²) in [7, 11) is 0. The number of rotatable bonds is 6. The average molecular weight is 200 g/mol. The van der Waals surface area contributed by atoms with Gasteiger partial charge in [-0.2, -0.15) is 0 Å². The smallest absolute Gasteiger partial charge is 0.255 e. The molecule has 0 atom stereocenters. The number of carbonyl (C=O) groups is 1. The fraction of sp³-hybridized carbons (Fsp3) is 0.857. The van der Waals surface area contributed by atoms with E-state index in [0.29, 0.717) is 12.3 Å². The maximum absolute atomic E-state index is 11.5. The number of amides is 1. The zero-order valence-electron chi connectivity index (χ0n) is 6.66. The fourth-order valence-corrected chi connectivity index (χ4v) is 0.848. The summed E-state index contributed by atoms with van der Waals surface area (Å²) in [6.07, 6.45) is -0.802. The van der Waals surface area contributed by atoms with Crippen LogP contribution in [0.25, 0.3) is 0 Å². The quantitative estimate of drug-likeness (QED) is 0.513. The van der Waals surface area contributed by atoms with Gasteiger partial charge in [0.05, 0.1) is 6.54 Å². The van der Waals surface area contributed by atoms with Crippen molar-refractivity contribution in [2.45, 2.75) is 25.7 Å². The topological polar surface area (TPSA) is 29.1 Å². The Morgan fingerprint density at radius 1 is 1.42 bits per heavy atom. The molecule has 0 bridgehead atoms. The molecule has 0 aliphatic rings. The van der Waals surface area contributed by atoms with E-state index in [4.69, 9.17) is 11.6 Å². The predicted molar refractivity (Wildman–Crippen MR) is 43.6 cm³/mol. The molecule has 0 aliphatic carbocycles. The fourth-order valence-electron chi connectivity index (χ4n) is 0.659. The lowest BCUT2D eigenvalue weighted by Crippen LogP contribution is -2.28. The van der Waals surface area contributed by atoms with Gasteiger partial charge in [0.2, 0.25) is 5.91 Å². The van der Waals surface area contributed by atoms with E-state index in [-0.39, 0.29) is 12.3 Å². The highest BCUT2D eigenvalue weighted by Crippen LogP contribution is 1.97. The van der Waals surface area contributed by atoms with Crippen molar-refractivity contribution >= 4 is 17.5 Å². The first-order chi connectivity index (χ1) is 5.66. The molecule has 2 nitrogen and oxygen atoms in total. The van der Waals surface area contributed by atoms with Crippen molar-refractivity contribution in [3.8, 4) is 0 Å². The van der Waals surface area contributed by atoms with Crippen molar-refractivity contribution in [3.63, 3.8) is 0 Å². The molecule has 0 saturated heterocycles. The van der Waals surface area contributed by atoms with Gasteiger partial charge in [0.25, 0.3) is 6.43 Å². The molecule has 0 aromatic heterocycles. The molecule has 0 spiro atoms. The Bertz CT molecular complexity index is 133. The zero-order chi connectivity index (χ0) is 9.40. The lowest BCUT2D eigenvalue weighted by Gasteiger charge is -2.02. The molecule has 0 aromatic carbocycles. The van der Waals surface area contributed by atoms with Gasteiger partial charge < -0.3 is 5.32 Å². The first-order valence-electron chi connectivity index (χ1n) is 3.77. The number of halogens is 3. The molecule has 1 amide bonds. The average Bonchev–Trinajstić information content (AvgIpc) is 2.01. The van der Waals surface area contributed by atoms with Crippen LogP contribution in [0.4, 0.5) is 8.78 Å². The second kappa shape index (κ2) is 7.28. The SMILES string of the molecule is O=C(CCCCCl)NCC(F)F. The number of carbonyl (C=O) groups excluding carboxylic acids is 1. The van der Waals surface area contributed by atoms with Crippen molar-refractivity contribution in [3.05, 3.63) is 0 Å². The van der Waals surface area contributed by atoms with Crippen molar-refractivity contribution in [1.82, 2.24) is 5.32 Å². The largest absolute Gasteiger partial charge is 0.350 e. The summed E-state index contributed by atoms with van der Waals surface area (Å²) in [6.45, 7) is -0.556.